The molecule has 0 amide bonds. The van der Waals surface area contributed by atoms with Gasteiger partial charge in [0.15, 0.2) is 5.78 Å². The molecule has 0 heterocycles. The van der Waals surface area contributed by atoms with Crippen LogP contribution in [-0.2, 0) is 0 Å². The summed E-state index contributed by atoms with van der Waals surface area (Å²) in [6, 6.07) is 5.34. The average Bonchev–Trinajstić information content (AvgIpc) is 2.32. The Morgan fingerprint density at radius 2 is 1.88 bits per heavy atom. The highest BCUT2D eigenvalue weighted by molar-refractivity contribution is 5.98. The van der Waals surface area contributed by atoms with Crippen LogP contribution in [0.2, 0.25) is 0 Å². The molecule has 0 spiro atoms. The van der Waals surface area contributed by atoms with Crippen LogP contribution >= 0.6 is 0 Å². The maximum absolute atomic E-state index is 11.9. The summed E-state index contributed by atoms with van der Waals surface area (Å²) in [5.74, 6) is 0.203. The molecule has 0 aliphatic carbocycles. The van der Waals surface area contributed by atoms with Gasteiger partial charge in [0.25, 0.3) is 0 Å². The maximum Gasteiger partial charge on any atom is 0.166 e. The largest absolute Gasteiger partial charge is 0.507 e. The maximum atomic E-state index is 11.9. The van der Waals surface area contributed by atoms with Gasteiger partial charge in [-0.05, 0) is 25.0 Å². The molecule has 0 aromatic heterocycles. The zero-order chi connectivity index (χ0) is 12.7. The van der Waals surface area contributed by atoms with Crippen molar-refractivity contribution in [2.45, 2.75) is 52.4 Å². The number of hydrogen-bond donors (Lipinski definition) is 1. The number of hydrogen-bond acceptors (Lipinski definition) is 2. The van der Waals surface area contributed by atoms with E-state index in [0.717, 1.165) is 18.4 Å². The van der Waals surface area contributed by atoms with Gasteiger partial charge in [-0.1, -0.05) is 44.7 Å². The van der Waals surface area contributed by atoms with Crippen LogP contribution in [0, 0.1) is 6.92 Å². The van der Waals surface area contributed by atoms with Gasteiger partial charge in [0.2, 0.25) is 0 Å². The number of carbonyl (C=O) groups excluding carboxylic acids is 1. The van der Waals surface area contributed by atoms with Crippen LogP contribution in [0.4, 0.5) is 0 Å². The average molecular weight is 234 g/mol. The van der Waals surface area contributed by atoms with E-state index in [9.17, 15) is 9.90 Å². The predicted octanol–water partition coefficient (Wildman–Crippen LogP) is 4.24. The minimum absolute atomic E-state index is 0.0581. The number of aromatic hydroxyl groups is 1. The molecule has 1 aromatic carbocycles. The first-order valence-corrected chi connectivity index (χ1v) is 6.48. The molecule has 1 N–H and O–H groups in total. The second-order valence-electron chi connectivity index (χ2n) is 4.56. The smallest absolute Gasteiger partial charge is 0.166 e. The van der Waals surface area contributed by atoms with Crippen molar-refractivity contribution < 1.29 is 9.90 Å². The Kier molecular flexibility index (Phi) is 5.75. The molecule has 17 heavy (non-hydrogen) atoms. The third-order valence-corrected chi connectivity index (χ3v) is 3.05. The zero-order valence-corrected chi connectivity index (χ0v) is 10.8. The normalized spacial score (nSPS) is 10.5. The summed E-state index contributed by atoms with van der Waals surface area (Å²) < 4.78 is 0. The van der Waals surface area contributed by atoms with Gasteiger partial charge in [-0.25, -0.2) is 0 Å². The zero-order valence-electron chi connectivity index (χ0n) is 10.8. The van der Waals surface area contributed by atoms with Crippen LogP contribution < -0.4 is 0 Å². The molecule has 0 radical (unpaired) electrons. The number of benzene rings is 1. The molecule has 0 atom stereocenters. The fraction of sp³-hybridized carbons (Fsp3) is 0.533. The van der Waals surface area contributed by atoms with E-state index in [0.29, 0.717) is 12.0 Å². The standard InChI is InChI=1S/C15H22O2/c1-3-4-5-6-7-11-14(16)13-10-8-9-12(2)15(13)17/h8-10,17H,3-7,11H2,1-2H3. The molecule has 0 unspecified atom stereocenters. The lowest BCUT2D eigenvalue weighted by Gasteiger charge is -2.06. The molecule has 1 rings (SSSR count). The van der Waals surface area contributed by atoms with Gasteiger partial charge in [-0.3, -0.25) is 4.79 Å². The summed E-state index contributed by atoms with van der Waals surface area (Å²) in [4.78, 5) is 11.9. The molecule has 2 heteroatoms. The lowest BCUT2D eigenvalue weighted by Crippen LogP contribution is -2.00. The van der Waals surface area contributed by atoms with Gasteiger partial charge in [-0.2, -0.15) is 0 Å². The van der Waals surface area contributed by atoms with Crippen LogP contribution in [-0.4, -0.2) is 10.9 Å². The highest BCUT2D eigenvalue weighted by Crippen LogP contribution is 2.23. The number of carbonyl (C=O) groups is 1. The molecular weight excluding hydrogens is 212 g/mol. The van der Waals surface area contributed by atoms with Crippen molar-refractivity contribution in [1.82, 2.24) is 0 Å². The number of rotatable bonds is 7. The second-order valence-corrected chi connectivity index (χ2v) is 4.56. The summed E-state index contributed by atoms with van der Waals surface area (Å²) in [5, 5.41) is 9.79. The number of aryl methyl sites for hydroxylation is 1. The summed E-state index contributed by atoms with van der Waals surface area (Å²) >= 11 is 0. The van der Waals surface area contributed by atoms with Gasteiger partial charge in [0.1, 0.15) is 5.75 Å². The molecule has 0 aliphatic heterocycles. The van der Waals surface area contributed by atoms with Crippen LogP contribution in [0.1, 0.15) is 61.4 Å². The van der Waals surface area contributed by atoms with Gasteiger partial charge in [-0.15, -0.1) is 0 Å². The van der Waals surface area contributed by atoms with Crippen molar-refractivity contribution in [3.8, 4) is 5.75 Å². The molecule has 0 saturated heterocycles. The quantitative estimate of drug-likeness (QED) is 0.566. The monoisotopic (exact) mass is 234 g/mol. The van der Waals surface area contributed by atoms with Crippen LogP contribution in [0.15, 0.2) is 18.2 Å². The third kappa shape index (κ3) is 4.22. The fourth-order valence-electron chi connectivity index (χ4n) is 1.91. The molecular formula is C15H22O2. The first-order chi connectivity index (χ1) is 8.16. The Balaban J connectivity index is 2.44. The number of Topliss-reactive ketones (excluding diaryl/α,β-unsaturated/α-hetero) is 1. The molecule has 0 fully saturated rings. The van der Waals surface area contributed by atoms with E-state index in [-0.39, 0.29) is 11.5 Å². The number of phenolic OH excluding ortho intramolecular Hbond substituents is 1. The van der Waals surface area contributed by atoms with E-state index in [1.807, 2.05) is 19.1 Å². The Morgan fingerprint density at radius 3 is 2.59 bits per heavy atom. The number of para-hydroxylation sites is 1. The summed E-state index contributed by atoms with van der Waals surface area (Å²) in [6.45, 7) is 3.99. The van der Waals surface area contributed by atoms with E-state index in [2.05, 4.69) is 6.92 Å². The SMILES string of the molecule is CCCCCCCC(=O)c1cccc(C)c1O. The van der Waals surface area contributed by atoms with Gasteiger partial charge < -0.3 is 5.11 Å². The Bertz CT molecular complexity index is 369. The van der Waals surface area contributed by atoms with Crippen molar-refractivity contribution >= 4 is 5.78 Å². The van der Waals surface area contributed by atoms with Crippen molar-refractivity contribution in [3.63, 3.8) is 0 Å². The first-order valence-electron chi connectivity index (χ1n) is 6.48. The Labute approximate surface area is 104 Å². The minimum Gasteiger partial charge on any atom is -0.507 e. The highest BCUT2D eigenvalue weighted by atomic mass is 16.3. The van der Waals surface area contributed by atoms with Crippen molar-refractivity contribution in [1.29, 1.82) is 0 Å². The van der Waals surface area contributed by atoms with E-state index in [4.69, 9.17) is 0 Å². The summed E-state index contributed by atoms with van der Waals surface area (Å²) in [5.41, 5.74) is 1.24. The molecule has 1 aromatic rings. The van der Waals surface area contributed by atoms with Gasteiger partial charge in [0.05, 0.1) is 5.56 Å². The molecule has 0 aliphatic rings. The fourth-order valence-corrected chi connectivity index (χ4v) is 1.91. The molecule has 0 bridgehead atoms. The topological polar surface area (TPSA) is 37.3 Å². The second kappa shape index (κ2) is 7.10. The van der Waals surface area contributed by atoms with Crippen molar-refractivity contribution in [2.75, 3.05) is 0 Å². The van der Waals surface area contributed by atoms with E-state index in [1.165, 1.54) is 19.3 Å². The lowest BCUT2D eigenvalue weighted by molar-refractivity contribution is 0.0976. The van der Waals surface area contributed by atoms with Crippen LogP contribution in [0.5, 0.6) is 5.75 Å². The first kappa shape index (κ1) is 13.8. The molecule has 0 saturated carbocycles. The van der Waals surface area contributed by atoms with E-state index < -0.39 is 0 Å². The molecule has 2 nitrogen and oxygen atoms in total. The van der Waals surface area contributed by atoms with Crippen LogP contribution in [0.3, 0.4) is 0 Å². The predicted molar refractivity (Wildman–Crippen MR) is 70.6 cm³/mol. The number of phenols is 1. The highest BCUT2D eigenvalue weighted by Gasteiger charge is 2.11. The van der Waals surface area contributed by atoms with Crippen molar-refractivity contribution in [2.24, 2.45) is 0 Å². The van der Waals surface area contributed by atoms with E-state index in [1.54, 1.807) is 6.07 Å². The Morgan fingerprint density at radius 1 is 1.18 bits per heavy atom. The van der Waals surface area contributed by atoms with Gasteiger partial charge in [0, 0.05) is 6.42 Å². The van der Waals surface area contributed by atoms with E-state index >= 15 is 0 Å². The van der Waals surface area contributed by atoms with Gasteiger partial charge >= 0.3 is 0 Å². The van der Waals surface area contributed by atoms with Crippen LogP contribution in [0.25, 0.3) is 0 Å². The molecule has 94 valence electrons. The number of unbranched alkanes of at least 4 members (excludes halogenated alkanes) is 4. The third-order valence-electron chi connectivity index (χ3n) is 3.05. The number of ketones is 1. The Hall–Kier alpha value is -1.31. The summed E-state index contributed by atoms with van der Waals surface area (Å²) in [7, 11) is 0. The van der Waals surface area contributed by atoms with Crippen molar-refractivity contribution in [3.05, 3.63) is 29.3 Å². The lowest BCUT2D eigenvalue weighted by atomic mass is 10.0. The minimum atomic E-state index is 0.0581. The summed E-state index contributed by atoms with van der Waals surface area (Å²) in [6.07, 6.45) is 6.22.